The van der Waals surface area contributed by atoms with Crippen LogP contribution >= 0.6 is 0 Å². The summed E-state index contributed by atoms with van der Waals surface area (Å²) in [6.45, 7) is 6.97. The van der Waals surface area contributed by atoms with Gasteiger partial charge in [0.05, 0.1) is 0 Å². The minimum absolute atomic E-state index is 0.396. The normalized spacial score (nSPS) is 13.8. The summed E-state index contributed by atoms with van der Waals surface area (Å²) in [4.78, 5) is 5.20. The third-order valence-electron chi connectivity index (χ3n) is 8.22. The third kappa shape index (κ3) is 14.9. The van der Waals surface area contributed by atoms with Gasteiger partial charge < -0.3 is 9.80 Å². The summed E-state index contributed by atoms with van der Waals surface area (Å²) in [7, 11) is 0. The molecule has 0 saturated carbocycles. The molecule has 0 fully saturated rings. The number of benzene rings is 1. The zero-order valence-corrected chi connectivity index (χ0v) is 25.0. The summed E-state index contributed by atoms with van der Waals surface area (Å²) >= 11 is 0. The van der Waals surface area contributed by atoms with Gasteiger partial charge in [-0.25, -0.2) is 0 Å². The van der Waals surface area contributed by atoms with Crippen LogP contribution in [0.4, 0.5) is 0 Å². The molecule has 0 atom stereocenters. The van der Waals surface area contributed by atoms with Gasteiger partial charge in [0, 0.05) is 25.5 Å². The number of nitrogens with zero attached hydrogens (tertiary/aromatic N) is 2. The zero-order valence-electron chi connectivity index (χ0n) is 25.0. The molecule has 0 aliphatic carbocycles. The Morgan fingerprint density at radius 2 is 0.757 bits per heavy atom. The predicted molar refractivity (Wildman–Crippen MR) is 165 cm³/mol. The summed E-state index contributed by atoms with van der Waals surface area (Å²) < 4.78 is 0. The number of hydrogen-bond donors (Lipinski definition) is 0. The van der Waals surface area contributed by atoms with Crippen molar-refractivity contribution in [2.45, 2.75) is 161 Å². The Bertz CT molecular complexity index is 604. The van der Waals surface area contributed by atoms with Gasteiger partial charge >= 0.3 is 0 Å². The Kier molecular flexibility index (Phi) is 19.4. The van der Waals surface area contributed by atoms with E-state index in [4.69, 9.17) is 0 Å². The van der Waals surface area contributed by atoms with Gasteiger partial charge in [0.1, 0.15) is 6.17 Å². The quantitative estimate of drug-likeness (QED) is 0.121. The van der Waals surface area contributed by atoms with Gasteiger partial charge in [0.2, 0.25) is 0 Å². The Morgan fingerprint density at radius 1 is 0.432 bits per heavy atom. The lowest BCUT2D eigenvalue weighted by Gasteiger charge is -2.33. The molecule has 0 amide bonds. The summed E-state index contributed by atoms with van der Waals surface area (Å²) in [6, 6.07) is 11.2. The first-order valence-corrected chi connectivity index (χ1v) is 16.6. The van der Waals surface area contributed by atoms with Crippen LogP contribution < -0.4 is 0 Å². The molecule has 37 heavy (non-hydrogen) atoms. The summed E-state index contributed by atoms with van der Waals surface area (Å²) in [5.41, 5.74) is 1.44. The van der Waals surface area contributed by atoms with E-state index in [2.05, 4.69) is 66.4 Å². The molecule has 2 nitrogen and oxygen atoms in total. The van der Waals surface area contributed by atoms with E-state index in [9.17, 15) is 0 Å². The molecule has 0 saturated heterocycles. The average Bonchev–Trinajstić information content (AvgIpc) is 3.33. The van der Waals surface area contributed by atoms with Gasteiger partial charge in [-0.3, -0.25) is 0 Å². The van der Waals surface area contributed by atoms with E-state index in [1.165, 1.54) is 160 Å². The first kappa shape index (κ1) is 31.8. The minimum atomic E-state index is 0.396. The fraction of sp³-hybridized carbons (Fsp3) is 0.771. The van der Waals surface area contributed by atoms with Gasteiger partial charge in [-0.05, 0) is 18.4 Å². The van der Waals surface area contributed by atoms with E-state index in [1.807, 2.05) is 0 Å². The first-order valence-electron chi connectivity index (χ1n) is 16.6. The topological polar surface area (TPSA) is 6.48 Å². The molecule has 2 rings (SSSR count). The standard InChI is InChI=1S/C35H62N2/c1-3-5-7-9-11-13-15-17-19-21-26-30-36-32-33-37(35(36)34-28-24-23-25-29-34)31-27-22-20-18-16-14-12-10-8-6-4-2/h23-25,28-29,32-33,35H,3-22,26-27,30-31H2,1-2H3. The Balaban J connectivity index is 1.58. The van der Waals surface area contributed by atoms with Crippen molar-refractivity contribution in [3.05, 3.63) is 48.3 Å². The molecule has 0 N–H and O–H groups in total. The van der Waals surface area contributed by atoms with E-state index in [0.29, 0.717) is 6.17 Å². The molecular weight excluding hydrogens is 448 g/mol. The highest BCUT2D eigenvalue weighted by Crippen LogP contribution is 2.31. The van der Waals surface area contributed by atoms with Crippen LogP contribution in [0.25, 0.3) is 0 Å². The molecule has 1 aromatic carbocycles. The molecule has 1 aromatic rings. The highest BCUT2D eigenvalue weighted by Gasteiger charge is 2.26. The first-order chi connectivity index (χ1) is 18.4. The molecule has 0 unspecified atom stereocenters. The number of unbranched alkanes of at least 4 members (excludes halogenated alkanes) is 20. The molecular formula is C35H62N2. The van der Waals surface area contributed by atoms with E-state index in [1.54, 1.807) is 0 Å². The van der Waals surface area contributed by atoms with E-state index < -0.39 is 0 Å². The predicted octanol–water partition coefficient (Wildman–Crippen LogP) is 11.4. The van der Waals surface area contributed by atoms with Gasteiger partial charge in [-0.2, -0.15) is 0 Å². The molecule has 1 aliphatic rings. The molecule has 0 aromatic heterocycles. The molecule has 1 heterocycles. The Labute approximate surface area is 232 Å². The van der Waals surface area contributed by atoms with Crippen LogP contribution in [-0.2, 0) is 0 Å². The monoisotopic (exact) mass is 510 g/mol. The van der Waals surface area contributed by atoms with Crippen LogP contribution in [0.2, 0.25) is 0 Å². The van der Waals surface area contributed by atoms with E-state index in [0.717, 1.165) is 0 Å². The van der Waals surface area contributed by atoms with Crippen molar-refractivity contribution in [1.82, 2.24) is 9.80 Å². The summed E-state index contributed by atoms with van der Waals surface area (Å²) in [6.07, 6.45) is 36.2. The number of hydrogen-bond acceptors (Lipinski definition) is 2. The fourth-order valence-electron chi connectivity index (χ4n) is 5.84. The lowest BCUT2D eigenvalue weighted by molar-refractivity contribution is 0.149. The van der Waals surface area contributed by atoms with E-state index in [-0.39, 0.29) is 0 Å². The van der Waals surface area contributed by atoms with Crippen molar-refractivity contribution < 1.29 is 0 Å². The fourth-order valence-corrected chi connectivity index (χ4v) is 5.84. The smallest absolute Gasteiger partial charge is 0.127 e. The molecule has 2 heteroatoms. The lowest BCUT2D eigenvalue weighted by atomic mass is 10.1. The largest absolute Gasteiger partial charge is 0.352 e. The van der Waals surface area contributed by atoms with Crippen molar-refractivity contribution >= 4 is 0 Å². The molecule has 212 valence electrons. The lowest BCUT2D eigenvalue weighted by Crippen LogP contribution is -2.32. The second-order valence-corrected chi connectivity index (χ2v) is 11.6. The molecule has 1 aliphatic heterocycles. The SMILES string of the molecule is CCCCCCCCCCCCCN1C=CN(CCCCCCCCCCCCC)C1c1ccccc1. The maximum atomic E-state index is 2.60. The van der Waals surface area contributed by atoms with Crippen LogP contribution in [-0.4, -0.2) is 22.9 Å². The van der Waals surface area contributed by atoms with Crippen molar-refractivity contribution in [2.75, 3.05) is 13.1 Å². The van der Waals surface area contributed by atoms with Crippen LogP contribution in [0.15, 0.2) is 42.7 Å². The molecule has 0 spiro atoms. The summed E-state index contributed by atoms with van der Waals surface area (Å²) in [5.74, 6) is 0. The van der Waals surface area contributed by atoms with Crippen molar-refractivity contribution in [2.24, 2.45) is 0 Å². The number of rotatable bonds is 25. The summed E-state index contributed by atoms with van der Waals surface area (Å²) in [5, 5.41) is 0. The second-order valence-electron chi connectivity index (χ2n) is 11.6. The van der Waals surface area contributed by atoms with Gasteiger partial charge in [0.15, 0.2) is 0 Å². The molecule has 0 bridgehead atoms. The van der Waals surface area contributed by atoms with Gasteiger partial charge in [-0.15, -0.1) is 0 Å². The third-order valence-corrected chi connectivity index (χ3v) is 8.22. The van der Waals surface area contributed by atoms with E-state index >= 15 is 0 Å². The average molecular weight is 511 g/mol. The van der Waals surface area contributed by atoms with Crippen molar-refractivity contribution in [3.63, 3.8) is 0 Å². The molecule has 0 radical (unpaired) electrons. The van der Waals surface area contributed by atoms with Crippen LogP contribution in [0.1, 0.15) is 167 Å². The van der Waals surface area contributed by atoms with Crippen LogP contribution in [0.5, 0.6) is 0 Å². The van der Waals surface area contributed by atoms with Gasteiger partial charge in [-0.1, -0.05) is 173 Å². The Morgan fingerprint density at radius 3 is 1.11 bits per heavy atom. The maximum Gasteiger partial charge on any atom is 0.127 e. The second kappa shape index (κ2) is 22.5. The highest BCUT2D eigenvalue weighted by atomic mass is 15.4. The van der Waals surface area contributed by atoms with Crippen molar-refractivity contribution in [1.29, 1.82) is 0 Å². The maximum absolute atomic E-state index is 2.60. The minimum Gasteiger partial charge on any atom is -0.352 e. The Hall–Kier alpha value is -1.44. The van der Waals surface area contributed by atoms with Crippen LogP contribution in [0.3, 0.4) is 0 Å². The zero-order chi connectivity index (χ0) is 26.2. The highest BCUT2D eigenvalue weighted by molar-refractivity contribution is 5.21. The van der Waals surface area contributed by atoms with Gasteiger partial charge in [0.25, 0.3) is 0 Å². The van der Waals surface area contributed by atoms with Crippen LogP contribution in [0, 0.1) is 0 Å². The van der Waals surface area contributed by atoms with Crippen molar-refractivity contribution in [3.8, 4) is 0 Å².